The smallest absolute Gasteiger partial charge is 0.319 e. The van der Waals surface area contributed by atoms with Crippen LogP contribution in [0.2, 0.25) is 0 Å². The van der Waals surface area contributed by atoms with Crippen molar-refractivity contribution in [3.8, 4) is 0 Å². The Morgan fingerprint density at radius 3 is 2.72 bits per heavy atom. The summed E-state index contributed by atoms with van der Waals surface area (Å²) in [6.45, 7) is 3.71. The quantitative estimate of drug-likeness (QED) is 0.755. The van der Waals surface area contributed by atoms with Crippen molar-refractivity contribution in [2.75, 3.05) is 11.9 Å². The number of aryl methyl sites for hydroxylation is 1. The van der Waals surface area contributed by atoms with Gasteiger partial charge in [-0.2, -0.15) is 0 Å². The van der Waals surface area contributed by atoms with Gasteiger partial charge in [0.1, 0.15) is 5.82 Å². The van der Waals surface area contributed by atoms with Crippen molar-refractivity contribution in [3.63, 3.8) is 0 Å². The maximum absolute atomic E-state index is 13.1. The van der Waals surface area contributed by atoms with E-state index in [0.717, 1.165) is 12.0 Å². The Hall–Kier alpha value is -1.62. The number of hydrogen-bond donors (Lipinski definition) is 3. The fourth-order valence-corrected chi connectivity index (χ4v) is 1.70. The lowest BCUT2D eigenvalue weighted by Crippen LogP contribution is -2.38. The third-order valence-electron chi connectivity index (χ3n) is 2.61. The number of amides is 2. The van der Waals surface area contributed by atoms with E-state index in [2.05, 4.69) is 10.6 Å². The molecular formula is C13H19FN2O2. The number of benzene rings is 1. The first kappa shape index (κ1) is 14.4. The summed E-state index contributed by atoms with van der Waals surface area (Å²) in [7, 11) is 0. The summed E-state index contributed by atoms with van der Waals surface area (Å²) in [6.07, 6.45) is 1.24. The first-order valence-corrected chi connectivity index (χ1v) is 6.00. The van der Waals surface area contributed by atoms with Gasteiger partial charge in [-0.25, -0.2) is 9.18 Å². The monoisotopic (exact) mass is 254 g/mol. The summed E-state index contributed by atoms with van der Waals surface area (Å²) >= 11 is 0. The molecule has 0 spiro atoms. The molecule has 2 amide bonds. The van der Waals surface area contributed by atoms with Gasteiger partial charge in [-0.3, -0.25) is 0 Å². The minimum absolute atomic E-state index is 0.0257. The Kier molecular flexibility index (Phi) is 5.58. The summed E-state index contributed by atoms with van der Waals surface area (Å²) in [4.78, 5) is 11.7. The van der Waals surface area contributed by atoms with E-state index in [0.29, 0.717) is 12.1 Å². The fourth-order valence-electron chi connectivity index (χ4n) is 1.70. The number of urea groups is 1. The number of aliphatic hydroxyl groups is 1. The minimum atomic E-state index is -0.389. The standard InChI is InChI=1S/C13H19FN2O2/c1-3-11(4-5-17)15-13(18)16-12-7-9(2)6-10(14)8-12/h6-8,11,17H,3-5H2,1-2H3,(H2,15,16,18). The van der Waals surface area contributed by atoms with E-state index in [1.165, 1.54) is 12.1 Å². The van der Waals surface area contributed by atoms with Crippen molar-refractivity contribution < 1.29 is 14.3 Å². The number of rotatable bonds is 5. The average molecular weight is 254 g/mol. The van der Waals surface area contributed by atoms with Crippen molar-refractivity contribution in [3.05, 3.63) is 29.6 Å². The molecule has 1 aromatic carbocycles. The van der Waals surface area contributed by atoms with Gasteiger partial charge in [-0.1, -0.05) is 6.92 Å². The molecule has 0 aliphatic rings. The number of nitrogens with one attached hydrogen (secondary N) is 2. The van der Waals surface area contributed by atoms with Crippen molar-refractivity contribution in [2.45, 2.75) is 32.7 Å². The van der Waals surface area contributed by atoms with Crippen LogP contribution in [0, 0.1) is 12.7 Å². The van der Waals surface area contributed by atoms with Crippen LogP contribution in [-0.4, -0.2) is 23.8 Å². The van der Waals surface area contributed by atoms with E-state index in [-0.39, 0.29) is 24.5 Å². The second kappa shape index (κ2) is 6.96. The maximum Gasteiger partial charge on any atom is 0.319 e. The fraction of sp³-hybridized carbons (Fsp3) is 0.462. The maximum atomic E-state index is 13.1. The topological polar surface area (TPSA) is 61.4 Å². The summed E-state index contributed by atoms with van der Waals surface area (Å²) in [6, 6.07) is 3.88. The minimum Gasteiger partial charge on any atom is -0.396 e. The van der Waals surface area contributed by atoms with Crippen LogP contribution in [0.25, 0.3) is 0 Å². The van der Waals surface area contributed by atoms with E-state index in [4.69, 9.17) is 5.11 Å². The highest BCUT2D eigenvalue weighted by molar-refractivity contribution is 5.89. The zero-order chi connectivity index (χ0) is 13.5. The van der Waals surface area contributed by atoms with Gasteiger partial charge in [0.15, 0.2) is 0 Å². The third-order valence-corrected chi connectivity index (χ3v) is 2.61. The first-order chi connectivity index (χ1) is 8.55. The predicted octanol–water partition coefficient (Wildman–Crippen LogP) is 2.42. The van der Waals surface area contributed by atoms with Crippen LogP contribution in [0.5, 0.6) is 0 Å². The Balaban J connectivity index is 2.58. The lowest BCUT2D eigenvalue weighted by molar-refractivity contribution is 0.237. The number of hydrogen-bond acceptors (Lipinski definition) is 2. The molecule has 100 valence electrons. The van der Waals surface area contributed by atoms with E-state index in [9.17, 15) is 9.18 Å². The summed E-state index contributed by atoms with van der Waals surface area (Å²) in [5, 5.41) is 14.1. The van der Waals surface area contributed by atoms with Crippen LogP contribution in [0.15, 0.2) is 18.2 Å². The molecule has 0 radical (unpaired) electrons. The van der Waals surface area contributed by atoms with Crippen LogP contribution < -0.4 is 10.6 Å². The molecule has 3 N–H and O–H groups in total. The number of carbonyl (C=O) groups excluding carboxylic acids is 1. The van der Waals surface area contributed by atoms with Gasteiger partial charge in [-0.05, 0) is 43.5 Å². The van der Waals surface area contributed by atoms with E-state index in [1.807, 2.05) is 6.92 Å². The highest BCUT2D eigenvalue weighted by Crippen LogP contribution is 2.13. The summed E-state index contributed by atoms with van der Waals surface area (Å²) < 4.78 is 13.1. The molecule has 0 aromatic heterocycles. The van der Waals surface area contributed by atoms with Crippen LogP contribution in [0.1, 0.15) is 25.3 Å². The van der Waals surface area contributed by atoms with Crippen molar-refractivity contribution in [1.29, 1.82) is 0 Å². The lowest BCUT2D eigenvalue weighted by Gasteiger charge is -2.16. The Bertz CT molecular complexity index is 390. The first-order valence-electron chi connectivity index (χ1n) is 6.00. The molecule has 0 aliphatic heterocycles. The van der Waals surface area contributed by atoms with Gasteiger partial charge >= 0.3 is 6.03 Å². The Morgan fingerprint density at radius 2 is 2.17 bits per heavy atom. The summed E-state index contributed by atoms with van der Waals surface area (Å²) in [5.41, 5.74) is 1.16. The molecule has 0 bridgehead atoms. The molecule has 0 fully saturated rings. The zero-order valence-electron chi connectivity index (χ0n) is 10.7. The van der Waals surface area contributed by atoms with Gasteiger partial charge in [0, 0.05) is 18.3 Å². The second-order valence-corrected chi connectivity index (χ2v) is 4.23. The van der Waals surface area contributed by atoms with Gasteiger partial charge in [0.05, 0.1) is 0 Å². The van der Waals surface area contributed by atoms with Crippen molar-refractivity contribution in [2.24, 2.45) is 0 Å². The van der Waals surface area contributed by atoms with Gasteiger partial charge in [-0.15, -0.1) is 0 Å². The number of halogens is 1. The highest BCUT2D eigenvalue weighted by Gasteiger charge is 2.10. The molecule has 1 rings (SSSR count). The zero-order valence-corrected chi connectivity index (χ0v) is 10.7. The van der Waals surface area contributed by atoms with Crippen LogP contribution in [0.3, 0.4) is 0 Å². The third kappa shape index (κ3) is 4.71. The molecule has 0 saturated heterocycles. The molecule has 0 saturated carbocycles. The molecule has 5 heteroatoms. The molecular weight excluding hydrogens is 235 g/mol. The predicted molar refractivity (Wildman–Crippen MR) is 69.1 cm³/mol. The largest absolute Gasteiger partial charge is 0.396 e. The molecule has 1 unspecified atom stereocenters. The second-order valence-electron chi connectivity index (χ2n) is 4.23. The van der Waals surface area contributed by atoms with E-state index in [1.54, 1.807) is 13.0 Å². The number of aliphatic hydroxyl groups excluding tert-OH is 1. The van der Waals surface area contributed by atoms with Gasteiger partial charge in [0.25, 0.3) is 0 Å². The van der Waals surface area contributed by atoms with Crippen molar-refractivity contribution >= 4 is 11.7 Å². The van der Waals surface area contributed by atoms with Crippen LogP contribution in [0.4, 0.5) is 14.9 Å². The lowest BCUT2D eigenvalue weighted by atomic mass is 10.1. The van der Waals surface area contributed by atoms with E-state index >= 15 is 0 Å². The normalized spacial score (nSPS) is 12.0. The molecule has 0 heterocycles. The van der Waals surface area contributed by atoms with E-state index < -0.39 is 0 Å². The highest BCUT2D eigenvalue weighted by atomic mass is 19.1. The van der Waals surface area contributed by atoms with Crippen LogP contribution >= 0.6 is 0 Å². The summed E-state index contributed by atoms with van der Waals surface area (Å²) in [5.74, 6) is -0.382. The van der Waals surface area contributed by atoms with Gasteiger partial charge < -0.3 is 15.7 Å². The van der Waals surface area contributed by atoms with Crippen molar-refractivity contribution in [1.82, 2.24) is 5.32 Å². The number of carbonyl (C=O) groups is 1. The molecule has 0 aliphatic carbocycles. The molecule has 1 atom stereocenters. The molecule has 4 nitrogen and oxygen atoms in total. The Morgan fingerprint density at radius 1 is 1.44 bits per heavy atom. The molecule has 1 aromatic rings. The van der Waals surface area contributed by atoms with Gasteiger partial charge in [0.2, 0.25) is 0 Å². The average Bonchev–Trinajstić information content (AvgIpc) is 2.26. The Labute approximate surface area is 106 Å². The SMILES string of the molecule is CCC(CCO)NC(=O)Nc1cc(C)cc(F)c1. The molecule has 18 heavy (non-hydrogen) atoms. The number of anilines is 1. The van der Waals surface area contributed by atoms with Crippen LogP contribution in [-0.2, 0) is 0 Å².